The van der Waals surface area contributed by atoms with Gasteiger partial charge in [-0.15, -0.1) is 0 Å². The molecule has 0 aliphatic carbocycles. The third-order valence-corrected chi connectivity index (χ3v) is 16.5. The monoisotopic (exact) mass is 1270 g/mol. The number of esters is 2. The van der Waals surface area contributed by atoms with Gasteiger partial charge in [0, 0.05) is 12.8 Å². The van der Waals surface area contributed by atoms with E-state index in [-0.39, 0.29) is 38.6 Å². The van der Waals surface area contributed by atoms with Gasteiger partial charge in [-0.2, -0.15) is 0 Å². The summed E-state index contributed by atoms with van der Waals surface area (Å²) in [5.41, 5.74) is 0. The zero-order chi connectivity index (χ0) is 66.1. The molecule has 0 saturated heterocycles. The van der Waals surface area contributed by atoms with Gasteiger partial charge in [0.2, 0.25) is 0 Å². The van der Waals surface area contributed by atoms with E-state index < -0.39 is 24.3 Å². The fraction of sp³-hybridized carbons (Fsp3) is 0.744. The van der Waals surface area contributed by atoms with Crippen molar-refractivity contribution < 1.29 is 42.9 Å². The van der Waals surface area contributed by atoms with Crippen molar-refractivity contribution in [3.8, 4) is 0 Å². The molecule has 0 amide bonds. The Labute approximate surface area is 562 Å². The van der Waals surface area contributed by atoms with Crippen LogP contribution in [0.5, 0.6) is 0 Å². The fourth-order valence-corrected chi connectivity index (χ4v) is 10.8. The maximum atomic E-state index is 13.0. The fourth-order valence-electron chi connectivity index (χ4n) is 10.8. The quantitative estimate of drug-likeness (QED) is 0.0195. The highest BCUT2D eigenvalue weighted by atomic mass is 16.7. The largest absolute Gasteiger partial charge is 0.545 e. The zero-order valence-electron chi connectivity index (χ0n) is 59.9. The van der Waals surface area contributed by atoms with Gasteiger partial charge in [0.05, 0.1) is 40.3 Å². The Morgan fingerprint density at radius 3 is 0.879 bits per heavy atom. The first-order chi connectivity index (χ1) is 44.6. The van der Waals surface area contributed by atoms with Crippen LogP contribution in [0.3, 0.4) is 0 Å². The number of likely N-dealkylation sites (N-methyl/N-ethyl adjacent to an activating group) is 1. The molecule has 0 fully saturated rings. The van der Waals surface area contributed by atoms with E-state index in [0.29, 0.717) is 17.4 Å². The summed E-state index contributed by atoms with van der Waals surface area (Å²) in [6, 6.07) is 0. The number of quaternary nitrogens is 1. The van der Waals surface area contributed by atoms with Crippen molar-refractivity contribution in [3.05, 3.63) is 109 Å². The molecule has 0 bridgehead atoms. The van der Waals surface area contributed by atoms with Crippen LogP contribution in [0.4, 0.5) is 0 Å². The van der Waals surface area contributed by atoms with E-state index in [1.54, 1.807) is 0 Å². The van der Waals surface area contributed by atoms with E-state index in [1.165, 1.54) is 212 Å². The van der Waals surface area contributed by atoms with E-state index in [4.69, 9.17) is 18.9 Å². The minimum absolute atomic E-state index is 0.146. The van der Waals surface area contributed by atoms with Gasteiger partial charge in [-0.1, -0.05) is 335 Å². The van der Waals surface area contributed by atoms with E-state index in [9.17, 15) is 19.5 Å². The first-order valence-electron chi connectivity index (χ1n) is 38.0. The molecular weight excluding hydrogens is 1130 g/mol. The molecule has 0 radical (unpaired) electrons. The van der Waals surface area contributed by atoms with Gasteiger partial charge in [0.25, 0.3) is 0 Å². The molecule has 0 saturated carbocycles. The van der Waals surface area contributed by atoms with Gasteiger partial charge in [-0.3, -0.25) is 9.59 Å². The second kappa shape index (κ2) is 71.8. The van der Waals surface area contributed by atoms with Gasteiger partial charge in [-0.25, -0.2) is 0 Å². The Kier molecular flexibility index (Phi) is 68.6. The number of carboxylic acid groups (broad SMARTS) is 1. The van der Waals surface area contributed by atoms with Crippen LogP contribution in [0, 0.1) is 0 Å². The molecule has 91 heavy (non-hydrogen) atoms. The van der Waals surface area contributed by atoms with Gasteiger partial charge in [-0.05, 0) is 96.3 Å². The maximum absolute atomic E-state index is 13.0. The summed E-state index contributed by atoms with van der Waals surface area (Å²) in [5.74, 6) is -2.27. The van der Waals surface area contributed by atoms with E-state index in [2.05, 4.69) is 123 Å². The Balaban J connectivity index is 4.01. The van der Waals surface area contributed by atoms with Crippen LogP contribution in [-0.4, -0.2) is 82.3 Å². The third-order valence-electron chi connectivity index (χ3n) is 16.5. The number of rotatable bonds is 70. The predicted octanol–water partition coefficient (Wildman–Crippen LogP) is 22.8. The summed E-state index contributed by atoms with van der Waals surface area (Å²) in [6.07, 6.45) is 97.7. The number of unbranched alkanes of at least 4 members (excludes halogenated alkanes) is 37. The normalized spacial score (nSPS) is 13.3. The van der Waals surface area contributed by atoms with Crippen molar-refractivity contribution >= 4 is 17.9 Å². The number of carbonyl (C=O) groups excluding carboxylic acids is 3. The molecule has 0 N–H and O–H groups in total. The van der Waals surface area contributed by atoms with Crippen LogP contribution in [0.25, 0.3) is 0 Å². The molecule has 524 valence electrons. The Hall–Kier alpha value is -4.05. The first-order valence-corrected chi connectivity index (χ1v) is 38.0. The lowest BCUT2D eigenvalue weighted by Gasteiger charge is -2.26. The topological polar surface area (TPSA) is 111 Å². The zero-order valence-corrected chi connectivity index (χ0v) is 59.9. The Bertz CT molecular complexity index is 1870. The lowest BCUT2D eigenvalue weighted by Crippen LogP contribution is -2.44. The Morgan fingerprint density at radius 1 is 0.330 bits per heavy atom. The molecule has 2 unspecified atom stereocenters. The lowest BCUT2D eigenvalue weighted by atomic mass is 10.0. The van der Waals surface area contributed by atoms with E-state index in [0.717, 1.165) is 89.9 Å². The molecule has 0 rings (SSSR count). The SMILES string of the molecule is CC/C=C\C/C=C\C/C=C\C/C=C\C/C=C\CCCCCCCCCCCCCCCCCCCCCCCCCC(=O)OC(COC(=O)CCCCCCCCCCCCCCCC/C=C\C/C=C\C/C=C\C/C=C\CC)COC(OCC[N+](C)(C)C)C(=O)[O-]. The van der Waals surface area contributed by atoms with Crippen LogP contribution in [-0.2, 0) is 33.3 Å². The van der Waals surface area contributed by atoms with Gasteiger partial charge < -0.3 is 33.3 Å². The second-order valence-electron chi connectivity index (χ2n) is 26.5. The summed E-state index contributed by atoms with van der Waals surface area (Å²) >= 11 is 0. The summed E-state index contributed by atoms with van der Waals surface area (Å²) in [5, 5.41) is 11.8. The van der Waals surface area contributed by atoms with Crippen LogP contribution in [0.15, 0.2) is 109 Å². The van der Waals surface area contributed by atoms with Crippen molar-refractivity contribution in [3.63, 3.8) is 0 Å². The average molecular weight is 1270 g/mol. The standard InChI is InChI=1S/C82H143NO8/c1-6-8-10-12-14-16-18-20-22-24-26-28-30-32-34-35-36-37-38-39-40-41-42-43-44-45-47-49-51-53-55-57-59-61-63-65-67-69-71-73-80(85)91-78(77-90-82(81(86)87)88-75-74-83(3,4)5)76-89-79(84)72-70-68-66-64-62-60-58-56-54-52-50-48-46-33-31-29-27-25-23-21-19-17-15-13-11-9-7-2/h8-11,14-17,20-23,26-29,32,34,78,82H,6-7,12-13,18-19,24-25,30-31,33,35-77H2,1-5H3/b10-8-,11-9-,16-14-,17-15-,22-20-,23-21-,28-26-,29-27-,34-32-. The summed E-state index contributed by atoms with van der Waals surface area (Å²) in [6.45, 7) is 4.56. The highest BCUT2D eigenvalue weighted by Crippen LogP contribution is 2.18. The van der Waals surface area contributed by atoms with E-state index >= 15 is 0 Å². The van der Waals surface area contributed by atoms with Gasteiger partial charge in [0.1, 0.15) is 13.2 Å². The molecule has 0 aliphatic heterocycles. The predicted molar refractivity (Wildman–Crippen MR) is 389 cm³/mol. The number of hydrogen-bond acceptors (Lipinski definition) is 8. The number of aliphatic carboxylic acids is 1. The molecule has 2 atom stereocenters. The van der Waals surface area contributed by atoms with Crippen LogP contribution in [0.1, 0.15) is 335 Å². The summed E-state index contributed by atoms with van der Waals surface area (Å²) in [4.78, 5) is 37.6. The Morgan fingerprint density at radius 2 is 0.593 bits per heavy atom. The number of carboxylic acids is 1. The van der Waals surface area contributed by atoms with Crippen LogP contribution in [0.2, 0.25) is 0 Å². The minimum Gasteiger partial charge on any atom is -0.545 e. The number of carbonyl (C=O) groups is 3. The molecule has 0 aromatic heterocycles. The van der Waals surface area contributed by atoms with Crippen molar-refractivity contribution in [1.29, 1.82) is 0 Å². The average Bonchev–Trinajstić information content (AvgIpc) is 3.46. The van der Waals surface area contributed by atoms with Crippen molar-refractivity contribution in [2.75, 3.05) is 47.5 Å². The van der Waals surface area contributed by atoms with Crippen LogP contribution < -0.4 is 5.11 Å². The van der Waals surface area contributed by atoms with E-state index in [1.807, 2.05) is 21.1 Å². The molecular formula is C82H143NO8. The lowest BCUT2D eigenvalue weighted by molar-refractivity contribution is -0.870. The third kappa shape index (κ3) is 73.2. The molecule has 9 nitrogen and oxygen atoms in total. The van der Waals surface area contributed by atoms with Crippen molar-refractivity contribution in [1.82, 2.24) is 0 Å². The number of ether oxygens (including phenoxy) is 4. The second-order valence-corrected chi connectivity index (χ2v) is 26.5. The molecule has 9 heteroatoms. The smallest absolute Gasteiger partial charge is 0.306 e. The summed E-state index contributed by atoms with van der Waals surface area (Å²) < 4.78 is 22.8. The summed E-state index contributed by atoms with van der Waals surface area (Å²) in [7, 11) is 5.94. The van der Waals surface area contributed by atoms with Crippen LogP contribution >= 0.6 is 0 Å². The highest BCUT2D eigenvalue weighted by Gasteiger charge is 2.22. The maximum Gasteiger partial charge on any atom is 0.306 e. The molecule has 0 aliphatic rings. The highest BCUT2D eigenvalue weighted by molar-refractivity contribution is 5.70. The minimum atomic E-state index is -1.62. The number of allylic oxidation sites excluding steroid dienone is 18. The van der Waals surface area contributed by atoms with Gasteiger partial charge in [0.15, 0.2) is 12.4 Å². The van der Waals surface area contributed by atoms with Gasteiger partial charge >= 0.3 is 11.9 Å². The first kappa shape index (κ1) is 87.0. The molecule has 0 aromatic rings. The van der Waals surface area contributed by atoms with Crippen molar-refractivity contribution in [2.24, 2.45) is 0 Å². The molecule has 0 aromatic carbocycles. The molecule has 0 heterocycles. The van der Waals surface area contributed by atoms with Crippen molar-refractivity contribution in [2.45, 2.75) is 347 Å². The number of hydrogen-bond donors (Lipinski definition) is 0. The number of nitrogens with zero attached hydrogens (tertiary/aromatic N) is 1. The molecule has 0 spiro atoms.